The molecule has 1 saturated heterocycles. The zero-order valence-corrected chi connectivity index (χ0v) is 14.7. The summed E-state index contributed by atoms with van der Waals surface area (Å²) in [4.78, 5) is 25.2. The molecule has 2 heterocycles. The van der Waals surface area contributed by atoms with Crippen LogP contribution in [0, 0.1) is 5.92 Å². The Morgan fingerprint density at radius 2 is 2.00 bits per heavy atom. The molecule has 0 saturated carbocycles. The molecule has 0 bridgehead atoms. The predicted molar refractivity (Wildman–Crippen MR) is 88.7 cm³/mol. The maximum absolute atomic E-state index is 12.3. The van der Waals surface area contributed by atoms with Crippen LogP contribution in [-0.4, -0.2) is 47.0 Å². The predicted octanol–water partition coefficient (Wildman–Crippen LogP) is 2.67. The third-order valence-electron chi connectivity index (χ3n) is 4.26. The van der Waals surface area contributed by atoms with E-state index in [4.69, 9.17) is 14.2 Å². The van der Waals surface area contributed by atoms with Gasteiger partial charge in [0.1, 0.15) is 11.6 Å². The number of nitrogens with zero attached hydrogens (tertiary/aromatic N) is 1. The first-order chi connectivity index (χ1) is 11.7. The van der Waals surface area contributed by atoms with Crippen molar-refractivity contribution in [3.05, 3.63) is 23.8 Å². The standard InChI is InChI=1S/C18H23NO6/c1-18(2,3)25-17(22)19-9-12(7-13(19)16(20)21)6-11-4-5-14-15(8-11)24-10-23-14/h4-5,8,12-13H,6-7,9-10H2,1-3H3,(H,20,21)/t12?,13-/m0/s1. The number of fused-ring (bicyclic) bond motifs is 1. The maximum atomic E-state index is 12.3. The van der Waals surface area contributed by atoms with Crippen LogP contribution in [0.3, 0.4) is 0 Å². The molecule has 3 rings (SSSR count). The number of carboxylic acids is 1. The smallest absolute Gasteiger partial charge is 0.411 e. The molecule has 136 valence electrons. The van der Waals surface area contributed by atoms with E-state index in [0.717, 1.165) is 5.56 Å². The van der Waals surface area contributed by atoms with E-state index in [1.165, 1.54) is 4.90 Å². The van der Waals surface area contributed by atoms with Crippen LogP contribution in [0.4, 0.5) is 4.79 Å². The van der Waals surface area contributed by atoms with Gasteiger partial charge in [-0.25, -0.2) is 9.59 Å². The molecule has 1 aromatic carbocycles. The minimum Gasteiger partial charge on any atom is -0.480 e. The third-order valence-corrected chi connectivity index (χ3v) is 4.26. The van der Waals surface area contributed by atoms with Crippen LogP contribution >= 0.6 is 0 Å². The molecular weight excluding hydrogens is 326 g/mol. The summed E-state index contributed by atoms with van der Waals surface area (Å²) < 4.78 is 16.0. The van der Waals surface area contributed by atoms with Crippen LogP contribution in [-0.2, 0) is 16.0 Å². The molecule has 0 aromatic heterocycles. The van der Waals surface area contributed by atoms with Crippen molar-refractivity contribution in [1.82, 2.24) is 4.90 Å². The van der Waals surface area contributed by atoms with Gasteiger partial charge in [0.25, 0.3) is 0 Å². The zero-order chi connectivity index (χ0) is 18.2. The number of ether oxygens (including phenoxy) is 3. The number of carboxylic acid groups (broad SMARTS) is 1. The summed E-state index contributed by atoms with van der Waals surface area (Å²) in [6.45, 7) is 5.87. The highest BCUT2D eigenvalue weighted by atomic mass is 16.7. The molecule has 7 nitrogen and oxygen atoms in total. The lowest BCUT2D eigenvalue weighted by molar-refractivity contribution is -0.142. The fraction of sp³-hybridized carbons (Fsp3) is 0.556. The van der Waals surface area contributed by atoms with Crippen molar-refractivity contribution in [3.63, 3.8) is 0 Å². The molecule has 1 N–H and O–H groups in total. The van der Waals surface area contributed by atoms with Crippen molar-refractivity contribution in [2.75, 3.05) is 13.3 Å². The molecule has 2 aliphatic heterocycles. The molecular formula is C18H23NO6. The Balaban J connectivity index is 1.69. The topological polar surface area (TPSA) is 85.3 Å². The first-order valence-corrected chi connectivity index (χ1v) is 8.34. The first kappa shape index (κ1) is 17.4. The first-order valence-electron chi connectivity index (χ1n) is 8.34. The van der Waals surface area contributed by atoms with Gasteiger partial charge in [0, 0.05) is 6.54 Å². The molecule has 0 radical (unpaired) electrons. The van der Waals surface area contributed by atoms with Crippen molar-refractivity contribution in [3.8, 4) is 11.5 Å². The minimum atomic E-state index is -1.00. The summed E-state index contributed by atoms with van der Waals surface area (Å²) >= 11 is 0. The van der Waals surface area contributed by atoms with Gasteiger partial charge in [-0.3, -0.25) is 4.90 Å². The van der Waals surface area contributed by atoms with Gasteiger partial charge >= 0.3 is 12.1 Å². The Morgan fingerprint density at radius 3 is 2.68 bits per heavy atom. The number of likely N-dealkylation sites (tertiary alicyclic amines) is 1. The van der Waals surface area contributed by atoms with Crippen molar-refractivity contribution in [1.29, 1.82) is 0 Å². The molecule has 0 aliphatic carbocycles. The van der Waals surface area contributed by atoms with Crippen LogP contribution in [0.15, 0.2) is 18.2 Å². The number of hydrogen-bond donors (Lipinski definition) is 1. The van der Waals surface area contributed by atoms with Crippen LogP contribution in [0.1, 0.15) is 32.8 Å². The molecule has 1 fully saturated rings. The van der Waals surface area contributed by atoms with Crippen LogP contribution < -0.4 is 9.47 Å². The SMILES string of the molecule is CC(C)(C)OC(=O)N1CC(Cc2ccc3c(c2)OCO3)C[C@H]1C(=O)O. The zero-order valence-electron chi connectivity index (χ0n) is 14.7. The Labute approximate surface area is 146 Å². The van der Waals surface area contributed by atoms with Crippen molar-refractivity contribution in [2.24, 2.45) is 5.92 Å². The summed E-state index contributed by atoms with van der Waals surface area (Å²) in [6.07, 6.45) is 0.496. The van der Waals surface area contributed by atoms with E-state index in [0.29, 0.717) is 30.9 Å². The number of hydrogen-bond acceptors (Lipinski definition) is 5. The molecule has 2 atom stereocenters. The molecule has 2 aliphatic rings. The summed E-state index contributed by atoms with van der Waals surface area (Å²) in [5.41, 5.74) is 0.375. The van der Waals surface area contributed by atoms with Crippen LogP contribution in [0.2, 0.25) is 0 Å². The average molecular weight is 349 g/mol. The fourth-order valence-electron chi connectivity index (χ4n) is 3.23. The molecule has 7 heteroatoms. The van der Waals surface area contributed by atoms with Crippen molar-refractivity contribution >= 4 is 12.1 Å². The highest BCUT2D eigenvalue weighted by molar-refractivity contribution is 5.81. The van der Waals surface area contributed by atoms with E-state index in [2.05, 4.69) is 0 Å². The lowest BCUT2D eigenvalue weighted by Crippen LogP contribution is -2.43. The van der Waals surface area contributed by atoms with E-state index in [1.54, 1.807) is 20.8 Å². The summed E-state index contributed by atoms with van der Waals surface area (Å²) in [6, 6.07) is 4.86. The van der Waals surface area contributed by atoms with E-state index >= 15 is 0 Å². The molecule has 25 heavy (non-hydrogen) atoms. The highest BCUT2D eigenvalue weighted by Gasteiger charge is 2.41. The van der Waals surface area contributed by atoms with Gasteiger partial charge in [-0.05, 0) is 57.2 Å². The fourth-order valence-corrected chi connectivity index (χ4v) is 3.23. The second kappa shape index (κ2) is 6.46. The second-order valence-corrected chi connectivity index (χ2v) is 7.48. The van der Waals surface area contributed by atoms with Gasteiger partial charge in [-0.15, -0.1) is 0 Å². The molecule has 0 spiro atoms. The van der Waals surface area contributed by atoms with Gasteiger partial charge in [0.15, 0.2) is 11.5 Å². The van der Waals surface area contributed by atoms with E-state index in [-0.39, 0.29) is 12.7 Å². The highest BCUT2D eigenvalue weighted by Crippen LogP contribution is 2.35. The van der Waals surface area contributed by atoms with E-state index in [9.17, 15) is 14.7 Å². The Morgan fingerprint density at radius 1 is 1.28 bits per heavy atom. The Kier molecular flexibility index (Phi) is 4.49. The summed E-state index contributed by atoms with van der Waals surface area (Å²) in [7, 11) is 0. The number of carbonyl (C=O) groups excluding carboxylic acids is 1. The number of benzene rings is 1. The van der Waals surface area contributed by atoms with Gasteiger partial charge in [0.2, 0.25) is 6.79 Å². The normalized spacial score (nSPS) is 22.1. The molecule has 1 amide bonds. The molecule has 1 aromatic rings. The maximum Gasteiger partial charge on any atom is 0.411 e. The Bertz CT molecular complexity index is 681. The lowest BCUT2D eigenvalue weighted by atomic mass is 9.96. The monoisotopic (exact) mass is 349 g/mol. The second-order valence-electron chi connectivity index (χ2n) is 7.48. The number of rotatable bonds is 3. The quantitative estimate of drug-likeness (QED) is 0.903. The number of carbonyl (C=O) groups is 2. The molecule has 1 unspecified atom stereocenters. The van der Waals surface area contributed by atoms with Gasteiger partial charge in [-0.2, -0.15) is 0 Å². The van der Waals surface area contributed by atoms with Crippen molar-refractivity contribution in [2.45, 2.75) is 45.3 Å². The van der Waals surface area contributed by atoms with Crippen LogP contribution in [0.5, 0.6) is 11.5 Å². The van der Waals surface area contributed by atoms with Gasteiger partial charge in [-0.1, -0.05) is 6.07 Å². The average Bonchev–Trinajstić information content (AvgIpc) is 3.11. The summed E-state index contributed by atoms with van der Waals surface area (Å²) in [5.74, 6) is 0.469. The van der Waals surface area contributed by atoms with Gasteiger partial charge < -0.3 is 19.3 Å². The summed E-state index contributed by atoms with van der Waals surface area (Å²) in [5, 5.41) is 9.46. The van der Waals surface area contributed by atoms with E-state index in [1.807, 2.05) is 18.2 Å². The minimum absolute atomic E-state index is 0.0500. The number of amides is 1. The van der Waals surface area contributed by atoms with Crippen molar-refractivity contribution < 1.29 is 28.9 Å². The third kappa shape index (κ3) is 3.97. The van der Waals surface area contributed by atoms with Gasteiger partial charge in [0.05, 0.1) is 0 Å². The number of aliphatic carboxylic acids is 1. The lowest BCUT2D eigenvalue weighted by Gasteiger charge is -2.26. The Hall–Kier alpha value is -2.44. The largest absolute Gasteiger partial charge is 0.480 e. The van der Waals surface area contributed by atoms with Crippen LogP contribution in [0.25, 0.3) is 0 Å². The van der Waals surface area contributed by atoms with E-state index < -0.39 is 23.7 Å².